The van der Waals surface area contributed by atoms with Crippen molar-refractivity contribution in [1.82, 2.24) is 15.5 Å². The molecule has 0 bridgehead atoms. The number of rotatable bonds is 7. The van der Waals surface area contributed by atoms with E-state index in [1.54, 1.807) is 11.3 Å². The molecule has 144 valence electrons. The van der Waals surface area contributed by atoms with Crippen LogP contribution in [0.15, 0.2) is 40.0 Å². The first-order chi connectivity index (χ1) is 12.4. The Labute approximate surface area is 180 Å². The number of hydrogen-bond donors (Lipinski definition) is 2. The first-order valence-electron chi connectivity index (χ1n) is 8.69. The zero-order valence-electron chi connectivity index (χ0n) is 15.0. The van der Waals surface area contributed by atoms with Crippen molar-refractivity contribution >= 4 is 52.6 Å². The van der Waals surface area contributed by atoms with Crippen molar-refractivity contribution in [2.45, 2.75) is 12.5 Å². The second kappa shape index (κ2) is 11.9. The molecule has 0 spiro atoms. The molecular formula is C18H27IN4OS2. The maximum atomic E-state index is 5.51. The Balaban J connectivity index is 0.00000243. The molecule has 0 radical (unpaired) electrons. The van der Waals surface area contributed by atoms with E-state index in [2.05, 4.69) is 55.6 Å². The Hall–Kier alpha value is -0.680. The summed E-state index contributed by atoms with van der Waals surface area (Å²) in [5.74, 6) is 0.867. The summed E-state index contributed by atoms with van der Waals surface area (Å²) >= 11 is 3.62. The fraction of sp³-hybridized carbons (Fsp3) is 0.500. The maximum absolute atomic E-state index is 5.51. The standard InChI is InChI=1S/C18H26N4OS2.HI/c1-19-18(20-7-6-15-4-2-12-24-15)21-14-16(17-5-3-13-25-17)22-8-10-23-11-9-22;/h2-5,12-13,16H,6-11,14H2,1H3,(H2,19,20,21);1H. The third kappa shape index (κ3) is 6.49. The zero-order valence-corrected chi connectivity index (χ0v) is 19.0. The molecule has 0 aliphatic carbocycles. The van der Waals surface area contributed by atoms with Crippen molar-refractivity contribution in [3.05, 3.63) is 44.8 Å². The molecule has 8 heteroatoms. The van der Waals surface area contributed by atoms with Gasteiger partial charge >= 0.3 is 0 Å². The quantitative estimate of drug-likeness (QED) is 0.344. The van der Waals surface area contributed by atoms with Crippen molar-refractivity contribution < 1.29 is 4.74 Å². The van der Waals surface area contributed by atoms with Crippen LogP contribution in [0.1, 0.15) is 15.8 Å². The minimum absolute atomic E-state index is 0. The van der Waals surface area contributed by atoms with E-state index in [-0.39, 0.29) is 24.0 Å². The van der Waals surface area contributed by atoms with Gasteiger partial charge in [-0.25, -0.2) is 0 Å². The molecule has 0 amide bonds. The Morgan fingerprint density at radius 3 is 2.62 bits per heavy atom. The lowest BCUT2D eigenvalue weighted by Gasteiger charge is -2.34. The number of nitrogens with zero attached hydrogens (tertiary/aromatic N) is 2. The normalized spacial score (nSPS) is 16.7. The minimum atomic E-state index is 0. The molecule has 1 aliphatic heterocycles. The number of guanidine groups is 1. The van der Waals surface area contributed by atoms with Crippen LogP contribution in [0, 0.1) is 0 Å². The van der Waals surface area contributed by atoms with Gasteiger partial charge in [-0.05, 0) is 29.3 Å². The third-order valence-corrected chi connectivity index (χ3v) is 6.20. The Kier molecular flexibility index (Phi) is 9.91. The van der Waals surface area contributed by atoms with Gasteiger partial charge in [0.2, 0.25) is 0 Å². The highest BCUT2D eigenvalue weighted by molar-refractivity contribution is 14.0. The van der Waals surface area contributed by atoms with Gasteiger partial charge in [0.1, 0.15) is 0 Å². The molecule has 0 aromatic carbocycles. The molecular weight excluding hydrogens is 479 g/mol. The average molecular weight is 506 g/mol. The lowest BCUT2D eigenvalue weighted by Crippen LogP contribution is -2.46. The van der Waals surface area contributed by atoms with E-state index in [1.807, 2.05) is 18.4 Å². The highest BCUT2D eigenvalue weighted by atomic mass is 127. The second-order valence-corrected chi connectivity index (χ2v) is 7.90. The summed E-state index contributed by atoms with van der Waals surface area (Å²) in [6, 6.07) is 8.98. The van der Waals surface area contributed by atoms with Crippen molar-refractivity contribution in [3.8, 4) is 0 Å². The first kappa shape index (κ1) is 21.6. The molecule has 1 saturated heterocycles. The lowest BCUT2D eigenvalue weighted by molar-refractivity contribution is 0.0177. The van der Waals surface area contributed by atoms with Gasteiger partial charge < -0.3 is 15.4 Å². The fourth-order valence-corrected chi connectivity index (χ4v) is 4.52. The highest BCUT2D eigenvalue weighted by Gasteiger charge is 2.23. The van der Waals surface area contributed by atoms with Gasteiger partial charge in [-0.3, -0.25) is 9.89 Å². The number of hydrogen-bond acceptors (Lipinski definition) is 5. The van der Waals surface area contributed by atoms with Crippen LogP contribution in [0.5, 0.6) is 0 Å². The van der Waals surface area contributed by atoms with Crippen LogP contribution in [-0.2, 0) is 11.2 Å². The molecule has 1 unspecified atom stereocenters. The Bertz CT molecular complexity index is 628. The van der Waals surface area contributed by atoms with Crippen LogP contribution in [-0.4, -0.2) is 57.3 Å². The molecule has 1 fully saturated rings. The molecule has 3 rings (SSSR count). The molecule has 0 saturated carbocycles. The number of aliphatic imine (C=N–C) groups is 1. The first-order valence-corrected chi connectivity index (χ1v) is 10.4. The van der Waals surface area contributed by atoms with Crippen LogP contribution in [0.25, 0.3) is 0 Å². The van der Waals surface area contributed by atoms with Crippen molar-refractivity contribution in [1.29, 1.82) is 0 Å². The lowest BCUT2D eigenvalue weighted by atomic mass is 10.2. The number of nitrogens with one attached hydrogen (secondary N) is 2. The molecule has 1 aliphatic rings. The average Bonchev–Trinajstić information content (AvgIpc) is 3.35. The van der Waals surface area contributed by atoms with Gasteiger partial charge in [0.15, 0.2) is 5.96 Å². The van der Waals surface area contributed by atoms with Gasteiger partial charge in [-0.2, -0.15) is 0 Å². The van der Waals surface area contributed by atoms with E-state index in [4.69, 9.17) is 4.74 Å². The molecule has 3 heterocycles. The van der Waals surface area contributed by atoms with Crippen molar-refractivity contribution in [3.63, 3.8) is 0 Å². The molecule has 2 N–H and O–H groups in total. The zero-order chi connectivity index (χ0) is 17.3. The van der Waals surface area contributed by atoms with E-state index >= 15 is 0 Å². The number of halogens is 1. The predicted molar refractivity (Wildman–Crippen MR) is 122 cm³/mol. The second-order valence-electron chi connectivity index (χ2n) is 5.89. The van der Waals surface area contributed by atoms with E-state index in [9.17, 15) is 0 Å². The van der Waals surface area contributed by atoms with Crippen molar-refractivity contribution in [2.24, 2.45) is 4.99 Å². The molecule has 5 nitrogen and oxygen atoms in total. The molecule has 2 aromatic heterocycles. The summed E-state index contributed by atoms with van der Waals surface area (Å²) in [6.07, 6.45) is 1.02. The number of thiophene rings is 2. The fourth-order valence-electron chi connectivity index (χ4n) is 2.95. The van der Waals surface area contributed by atoms with Gasteiger partial charge in [0.05, 0.1) is 19.3 Å². The summed E-state index contributed by atoms with van der Waals surface area (Å²) in [6.45, 7) is 5.33. The SMILES string of the molecule is CN=C(NCCc1cccs1)NCC(c1cccs1)N1CCOCC1.I. The van der Waals surface area contributed by atoms with Gasteiger partial charge in [-0.15, -0.1) is 46.7 Å². The summed E-state index contributed by atoms with van der Waals surface area (Å²) in [4.78, 5) is 9.65. The summed E-state index contributed by atoms with van der Waals surface area (Å²) < 4.78 is 5.51. The van der Waals surface area contributed by atoms with Crippen molar-refractivity contribution in [2.75, 3.05) is 46.4 Å². The Morgan fingerprint density at radius 1 is 1.19 bits per heavy atom. The topological polar surface area (TPSA) is 48.9 Å². The Morgan fingerprint density at radius 2 is 1.96 bits per heavy atom. The summed E-state index contributed by atoms with van der Waals surface area (Å²) in [7, 11) is 1.83. The van der Waals surface area contributed by atoms with Gasteiger partial charge in [0.25, 0.3) is 0 Å². The molecule has 1 atom stereocenters. The van der Waals surface area contributed by atoms with Crippen LogP contribution in [0.4, 0.5) is 0 Å². The number of morpholine rings is 1. The summed E-state index contributed by atoms with van der Waals surface area (Å²) in [5, 5.41) is 11.2. The largest absolute Gasteiger partial charge is 0.379 e. The number of ether oxygens (including phenoxy) is 1. The highest BCUT2D eigenvalue weighted by Crippen LogP contribution is 2.25. The van der Waals surface area contributed by atoms with E-state index in [0.29, 0.717) is 6.04 Å². The molecule has 26 heavy (non-hydrogen) atoms. The van der Waals surface area contributed by atoms with Crippen LogP contribution < -0.4 is 10.6 Å². The maximum Gasteiger partial charge on any atom is 0.191 e. The smallest absolute Gasteiger partial charge is 0.191 e. The van der Waals surface area contributed by atoms with E-state index in [1.165, 1.54) is 9.75 Å². The van der Waals surface area contributed by atoms with Gasteiger partial charge in [0, 0.05) is 43.0 Å². The monoisotopic (exact) mass is 506 g/mol. The van der Waals surface area contributed by atoms with E-state index < -0.39 is 0 Å². The summed E-state index contributed by atoms with van der Waals surface area (Å²) in [5.41, 5.74) is 0. The van der Waals surface area contributed by atoms with Crippen LogP contribution >= 0.6 is 46.7 Å². The van der Waals surface area contributed by atoms with Crippen LogP contribution in [0.3, 0.4) is 0 Å². The van der Waals surface area contributed by atoms with Crippen LogP contribution in [0.2, 0.25) is 0 Å². The van der Waals surface area contributed by atoms with E-state index in [0.717, 1.165) is 51.8 Å². The predicted octanol–water partition coefficient (Wildman–Crippen LogP) is 3.21. The molecule has 2 aromatic rings. The third-order valence-electron chi connectivity index (χ3n) is 4.29. The minimum Gasteiger partial charge on any atom is -0.379 e. The van der Waals surface area contributed by atoms with Gasteiger partial charge in [-0.1, -0.05) is 12.1 Å².